The molecule has 1 amide bonds. The summed E-state index contributed by atoms with van der Waals surface area (Å²) in [4.78, 5) is 12.4. The van der Waals surface area contributed by atoms with Crippen LogP contribution in [0.2, 0.25) is 0 Å². The number of rotatable bonds is 4. The van der Waals surface area contributed by atoms with Crippen molar-refractivity contribution in [1.82, 2.24) is 9.78 Å². The number of primary sulfonamides is 1. The third-order valence-corrected chi connectivity index (χ3v) is 4.21. The number of nitrogens with one attached hydrogen (secondary N) is 1. The minimum atomic E-state index is -3.83. The number of carbonyl (C=O) groups is 1. The number of sulfonamides is 1. The molecule has 0 spiro atoms. The Balaban J connectivity index is 1.89. The molecule has 3 aromatic rings. The Labute approximate surface area is 138 Å². The van der Waals surface area contributed by atoms with E-state index in [1.165, 1.54) is 29.1 Å². The standard InChI is InChI=1S/C16H14N4O3S/c17-24(22,23)14-8-4-5-12(11-14)19-16(21)15-9-10-18-20(15)13-6-2-1-3-7-13/h1-11H,(H,19,21)(H2,17,22,23). The van der Waals surface area contributed by atoms with Gasteiger partial charge in [-0.3, -0.25) is 4.79 Å². The summed E-state index contributed by atoms with van der Waals surface area (Å²) in [6, 6.07) is 16.5. The van der Waals surface area contributed by atoms with Gasteiger partial charge in [0, 0.05) is 5.69 Å². The molecule has 1 heterocycles. The van der Waals surface area contributed by atoms with Crippen LogP contribution in [0, 0.1) is 0 Å². The maximum absolute atomic E-state index is 12.5. The number of anilines is 1. The van der Waals surface area contributed by atoms with Crippen LogP contribution >= 0.6 is 0 Å². The number of para-hydroxylation sites is 1. The molecule has 0 aliphatic heterocycles. The Morgan fingerprint density at radius 1 is 1.04 bits per heavy atom. The van der Waals surface area contributed by atoms with Crippen LogP contribution in [0.1, 0.15) is 10.5 Å². The quantitative estimate of drug-likeness (QED) is 0.753. The van der Waals surface area contributed by atoms with E-state index in [2.05, 4.69) is 10.4 Å². The van der Waals surface area contributed by atoms with Crippen molar-refractivity contribution in [3.05, 3.63) is 72.6 Å². The van der Waals surface area contributed by atoms with E-state index >= 15 is 0 Å². The number of nitrogens with two attached hydrogens (primary N) is 1. The summed E-state index contributed by atoms with van der Waals surface area (Å²) in [6.45, 7) is 0. The summed E-state index contributed by atoms with van der Waals surface area (Å²) in [5, 5.41) is 11.9. The van der Waals surface area contributed by atoms with Crippen LogP contribution in [-0.2, 0) is 10.0 Å². The first-order valence-electron chi connectivity index (χ1n) is 6.99. The minimum absolute atomic E-state index is 0.0723. The first-order valence-corrected chi connectivity index (χ1v) is 8.53. The van der Waals surface area contributed by atoms with Gasteiger partial charge in [-0.1, -0.05) is 24.3 Å². The molecule has 3 rings (SSSR count). The molecule has 0 saturated carbocycles. The van der Waals surface area contributed by atoms with Gasteiger partial charge in [0.2, 0.25) is 10.0 Å². The van der Waals surface area contributed by atoms with Gasteiger partial charge in [0.05, 0.1) is 16.8 Å². The van der Waals surface area contributed by atoms with Gasteiger partial charge in [0.15, 0.2) is 0 Å². The summed E-state index contributed by atoms with van der Waals surface area (Å²) < 4.78 is 24.3. The van der Waals surface area contributed by atoms with Crippen LogP contribution in [-0.4, -0.2) is 24.1 Å². The van der Waals surface area contributed by atoms with Crippen LogP contribution in [0.25, 0.3) is 5.69 Å². The van der Waals surface area contributed by atoms with Crippen LogP contribution in [0.3, 0.4) is 0 Å². The average molecular weight is 342 g/mol. The molecule has 0 atom stereocenters. The lowest BCUT2D eigenvalue weighted by Crippen LogP contribution is -2.18. The second-order valence-electron chi connectivity index (χ2n) is 4.99. The van der Waals surface area contributed by atoms with E-state index in [-0.39, 0.29) is 4.90 Å². The highest BCUT2D eigenvalue weighted by Gasteiger charge is 2.15. The third-order valence-electron chi connectivity index (χ3n) is 3.30. The lowest BCUT2D eigenvalue weighted by Gasteiger charge is -2.09. The maximum atomic E-state index is 12.5. The molecule has 0 saturated heterocycles. The Morgan fingerprint density at radius 2 is 1.79 bits per heavy atom. The number of amides is 1. The van der Waals surface area contributed by atoms with Gasteiger partial charge in [-0.15, -0.1) is 0 Å². The van der Waals surface area contributed by atoms with Crippen molar-refractivity contribution < 1.29 is 13.2 Å². The maximum Gasteiger partial charge on any atom is 0.274 e. The van der Waals surface area contributed by atoms with E-state index in [1.807, 2.05) is 30.3 Å². The highest BCUT2D eigenvalue weighted by Crippen LogP contribution is 2.16. The van der Waals surface area contributed by atoms with Crippen LogP contribution in [0.4, 0.5) is 5.69 Å². The Morgan fingerprint density at radius 3 is 2.50 bits per heavy atom. The van der Waals surface area contributed by atoms with Crippen molar-refractivity contribution in [3.8, 4) is 5.69 Å². The molecule has 0 fully saturated rings. The Hall–Kier alpha value is -2.97. The summed E-state index contributed by atoms with van der Waals surface area (Å²) in [5.74, 6) is -0.414. The van der Waals surface area contributed by atoms with Crippen molar-refractivity contribution in [3.63, 3.8) is 0 Å². The third kappa shape index (κ3) is 3.34. The SMILES string of the molecule is NS(=O)(=O)c1cccc(NC(=O)c2ccnn2-c2ccccc2)c1. The summed E-state index contributed by atoms with van der Waals surface area (Å²) in [7, 11) is -3.83. The first-order chi connectivity index (χ1) is 11.4. The number of nitrogens with zero attached hydrogens (tertiary/aromatic N) is 2. The zero-order valence-electron chi connectivity index (χ0n) is 12.5. The smallest absolute Gasteiger partial charge is 0.274 e. The zero-order chi connectivity index (χ0) is 17.2. The van der Waals surface area contributed by atoms with Crippen molar-refractivity contribution in [1.29, 1.82) is 0 Å². The highest BCUT2D eigenvalue weighted by atomic mass is 32.2. The first kappa shape index (κ1) is 15.9. The highest BCUT2D eigenvalue weighted by molar-refractivity contribution is 7.89. The largest absolute Gasteiger partial charge is 0.321 e. The second kappa shape index (κ2) is 6.26. The molecule has 0 aliphatic rings. The van der Waals surface area contributed by atoms with Crippen LogP contribution in [0.5, 0.6) is 0 Å². The molecular weight excluding hydrogens is 328 g/mol. The molecule has 0 radical (unpaired) electrons. The van der Waals surface area contributed by atoms with Gasteiger partial charge in [0.1, 0.15) is 5.69 Å². The van der Waals surface area contributed by atoms with Crippen LogP contribution < -0.4 is 10.5 Å². The molecule has 7 nitrogen and oxygen atoms in total. The van der Waals surface area contributed by atoms with Crippen molar-refractivity contribution in [2.24, 2.45) is 5.14 Å². The Kier molecular flexibility index (Phi) is 4.15. The van der Waals surface area contributed by atoms with Gasteiger partial charge in [-0.2, -0.15) is 5.10 Å². The predicted octanol–water partition coefficient (Wildman–Crippen LogP) is 1.77. The zero-order valence-corrected chi connectivity index (χ0v) is 13.3. The molecule has 2 aromatic carbocycles. The van der Waals surface area contributed by atoms with E-state index < -0.39 is 15.9 Å². The van der Waals surface area contributed by atoms with E-state index in [9.17, 15) is 13.2 Å². The van der Waals surface area contributed by atoms with Gasteiger partial charge in [-0.05, 0) is 36.4 Å². The number of aromatic nitrogens is 2. The van der Waals surface area contributed by atoms with Gasteiger partial charge in [-0.25, -0.2) is 18.2 Å². The minimum Gasteiger partial charge on any atom is -0.321 e. The number of hydrogen-bond donors (Lipinski definition) is 2. The molecule has 24 heavy (non-hydrogen) atoms. The summed E-state index contributed by atoms with van der Waals surface area (Å²) in [5.41, 5.74) is 1.39. The normalized spacial score (nSPS) is 11.2. The van der Waals surface area contributed by atoms with Gasteiger partial charge in [0.25, 0.3) is 5.91 Å². The average Bonchev–Trinajstić information content (AvgIpc) is 3.05. The summed E-state index contributed by atoms with van der Waals surface area (Å²) >= 11 is 0. The molecule has 0 unspecified atom stereocenters. The van der Waals surface area contributed by atoms with E-state index in [1.54, 1.807) is 12.1 Å². The fourth-order valence-corrected chi connectivity index (χ4v) is 2.76. The monoisotopic (exact) mass is 342 g/mol. The molecule has 122 valence electrons. The molecule has 0 aliphatic carbocycles. The van der Waals surface area contributed by atoms with Crippen LogP contribution in [0.15, 0.2) is 71.8 Å². The van der Waals surface area contributed by atoms with E-state index in [4.69, 9.17) is 5.14 Å². The fourth-order valence-electron chi connectivity index (χ4n) is 2.20. The predicted molar refractivity (Wildman–Crippen MR) is 89.3 cm³/mol. The van der Waals surface area contributed by atoms with Crippen molar-refractivity contribution in [2.45, 2.75) is 4.90 Å². The molecule has 0 bridgehead atoms. The lowest BCUT2D eigenvalue weighted by atomic mass is 10.3. The topological polar surface area (TPSA) is 107 Å². The fraction of sp³-hybridized carbons (Fsp3) is 0. The molecule has 3 N–H and O–H groups in total. The van der Waals surface area contributed by atoms with E-state index in [0.717, 1.165) is 5.69 Å². The Bertz CT molecular complexity index is 981. The van der Waals surface area contributed by atoms with Crippen molar-refractivity contribution >= 4 is 21.6 Å². The number of hydrogen-bond acceptors (Lipinski definition) is 4. The number of benzene rings is 2. The molecule has 1 aromatic heterocycles. The molecular formula is C16H14N4O3S. The number of carbonyl (C=O) groups excluding carboxylic acids is 1. The molecule has 8 heteroatoms. The lowest BCUT2D eigenvalue weighted by molar-refractivity contribution is 0.101. The summed E-state index contributed by atoms with van der Waals surface area (Å²) in [6.07, 6.45) is 1.52. The van der Waals surface area contributed by atoms with Crippen molar-refractivity contribution in [2.75, 3.05) is 5.32 Å². The second-order valence-corrected chi connectivity index (χ2v) is 6.55. The van der Waals surface area contributed by atoms with Gasteiger partial charge >= 0.3 is 0 Å². The van der Waals surface area contributed by atoms with E-state index in [0.29, 0.717) is 11.4 Å². The van der Waals surface area contributed by atoms with Gasteiger partial charge < -0.3 is 5.32 Å².